The number of nitrogens with one attached hydrogen (secondary N) is 1. The average molecular weight is 339 g/mol. The van der Waals surface area contributed by atoms with Crippen LogP contribution >= 0.6 is 11.8 Å². The normalized spacial score (nSPS) is 29.0. The van der Waals surface area contributed by atoms with E-state index in [4.69, 9.17) is 0 Å². The summed E-state index contributed by atoms with van der Waals surface area (Å²) >= 11 is 1.71. The van der Waals surface area contributed by atoms with Gasteiger partial charge in [-0.25, -0.2) is 0 Å². The number of rotatable bonds is 3. The SMILES string of the molecule is CC1(C)CCC(NC(=O)[C@@H]2CSCN2C(=O)C2CCCC2)CC1. The molecular formula is C18H30N2O2S. The molecule has 1 heterocycles. The molecule has 0 unspecified atom stereocenters. The van der Waals surface area contributed by atoms with Gasteiger partial charge in [0.05, 0.1) is 5.88 Å². The van der Waals surface area contributed by atoms with Crippen molar-refractivity contribution >= 4 is 23.6 Å². The van der Waals surface area contributed by atoms with Gasteiger partial charge in [-0.05, 0) is 43.9 Å². The molecule has 3 aliphatic rings. The molecule has 2 saturated carbocycles. The maximum absolute atomic E-state index is 12.7. The number of carbonyl (C=O) groups excluding carboxylic acids is 2. The van der Waals surface area contributed by atoms with Crippen molar-refractivity contribution in [2.75, 3.05) is 11.6 Å². The minimum atomic E-state index is -0.247. The van der Waals surface area contributed by atoms with E-state index in [0.717, 1.165) is 44.3 Å². The zero-order valence-electron chi connectivity index (χ0n) is 14.5. The first-order valence-corrected chi connectivity index (χ1v) is 10.3. The Morgan fingerprint density at radius 1 is 1.09 bits per heavy atom. The molecule has 1 atom stereocenters. The van der Waals surface area contributed by atoms with E-state index in [0.29, 0.717) is 17.3 Å². The molecule has 0 aromatic rings. The molecule has 5 heteroatoms. The van der Waals surface area contributed by atoms with Gasteiger partial charge < -0.3 is 10.2 Å². The third-order valence-corrected chi connectivity index (χ3v) is 6.87. The number of carbonyl (C=O) groups is 2. The highest BCUT2D eigenvalue weighted by Crippen LogP contribution is 2.35. The van der Waals surface area contributed by atoms with Crippen molar-refractivity contribution in [1.82, 2.24) is 10.2 Å². The fourth-order valence-electron chi connectivity index (χ4n) is 4.13. The predicted molar refractivity (Wildman–Crippen MR) is 94.1 cm³/mol. The van der Waals surface area contributed by atoms with E-state index in [2.05, 4.69) is 19.2 Å². The Morgan fingerprint density at radius 3 is 2.39 bits per heavy atom. The molecule has 3 fully saturated rings. The van der Waals surface area contributed by atoms with Gasteiger partial charge >= 0.3 is 0 Å². The van der Waals surface area contributed by atoms with Gasteiger partial charge in [-0.2, -0.15) is 0 Å². The van der Waals surface area contributed by atoms with Crippen LogP contribution in [0.25, 0.3) is 0 Å². The van der Waals surface area contributed by atoms with Crippen LogP contribution in [0.5, 0.6) is 0 Å². The molecule has 2 amide bonds. The Labute approximate surface area is 144 Å². The Hall–Kier alpha value is -0.710. The Balaban J connectivity index is 1.54. The van der Waals surface area contributed by atoms with Crippen LogP contribution in [-0.4, -0.2) is 40.4 Å². The van der Waals surface area contributed by atoms with E-state index in [1.165, 1.54) is 12.8 Å². The van der Waals surface area contributed by atoms with Gasteiger partial charge in [-0.15, -0.1) is 11.8 Å². The quantitative estimate of drug-likeness (QED) is 0.860. The first-order valence-electron chi connectivity index (χ1n) is 9.15. The van der Waals surface area contributed by atoms with E-state index in [1.54, 1.807) is 11.8 Å². The minimum absolute atomic E-state index is 0.0750. The topological polar surface area (TPSA) is 49.4 Å². The largest absolute Gasteiger partial charge is 0.352 e. The van der Waals surface area contributed by atoms with Crippen molar-refractivity contribution in [2.45, 2.75) is 77.3 Å². The molecule has 2 aliphatic carbocycles. The molecular weight excluding hydrogens is 308 g/mol. The van der Waals surface area contributed by atoms with Crippen LogP contribution < -0.4 is 5.32 Å². The summed E-state index contributed by atoms with van der Waals surface area (Å²) in [7, 11) is 0. The summed E-state index contributed by atoms with van der Waals surface area (Å²) in [6.45, 7) is 4.61. The van der Waals surface area contributed by atoms with Crippen LogP contribution in [-0.2, 0) is 9.59 Å². The first-order chi connectivity index (χ1) is 11.0. The Morgan fingerprint density at radius 2 is 1.74 bits per heavy atom. The number of amides is 2. The third kappa shape index (κ3) is 4.04. The van der Waals surface area contributed by atoms with Gasteiger partial charge in [0.25, 0.3) is 0 Å². The minimum Gasteiger partial charge on any atom is -0.352 e. The highest BCUT2D eigenvalue weighted by Gasteiger charge is 2.39. The van der Waals surface area contributed by atoms with E-state index in [1.807, 2.05) is 4.90 Å². The fraction of sp³-hybridized carbons (Fsp3) is 0.889. The molecule has 0 aromatic carbocycles. The molecule has 1 aliphatic heterocycles. The van der Waals surface area contributed by atoms with Gasteiger partial charge in [-0.1, -0.05) is 26.7 Å². The van der Waals surface area contributed by atoms with Gasteiger partial charge in [0.15, 0.2) is 0 Å². The fourth-order valence-corrected chi connectivity index (χ4v) is 5.29. The number of nitrogens with zero attached hydrogens (tertiary/aromatic N) is 1. The van der Waals surface area contributed by atoms with E-state index in [-0.39, 0.29) is 23.8 Å². The van der Waals surface area contributed by atoms with Gasteiger partial charge in [0.1, 0.15) is 6.04 Å². The Bertz CT molecular complexity index is 450. The first kappa shape index (κ1) is 17.1. The summed E-state index contributed by atoms with van der Waals surface area (Å²) in [6.07, 6.45) is 8.80. The van der Waals surface area contributed by atoms with Gasteiger partial charge in [0, 0.05) is 17.7 Å². The molecule has 0 aromatic heterocycles. The lowest BCUT2D eigenvalue weighted by Gasteiger charge is -2.35. The second-order valence-electron chi connectivity index (χ2n) is 8.25. The van der Waals surface area contributed by atoms with Crippen LogP contribution in [0.2, 0.25) is 0 Å². The van der Waals surface area contributed by atoms with Crippen LogP contribution in [0.4, 0.5) is 0 Å². The van der Waals surface area contributed by atoms with Gasteiger partial charge in [0.2, 0.25) is 11.8 Å². The number of hydrogen-bond donors (Lipinski definition) is 1. The average Bonchev–Trinajstić information content (AvgIpc) is 3.20. The standard InChI is InChI=1S/C18H30N2O2S/c1-18(2)9-7-14(8-10-18)19-16(21)15-11-23-12-20(15)17(22)13-5-3-4-6-13/h13-15H,3-12H2,1-2H3,(H,19,21)/t15-/m0/s1. The molecule has 4 nitrogen and oxygen atoms in total. The molecule has 23 heavy (non-hydrogen) atoms. The van der Waals surface area contributed by atoms with Crippen LogP contribution in [0, 0.1) is 11.3 Å². The number of thioether (sulfide) groups is 1. The summed E-state index contributed by atoms with van der Waals surface area (Å²) in [5, 5.41) is 3.23. The highest BCUT2D eigenvalue weighted by atomic mass is 32.2. The summed E-state index contributed by atoms with van der Waals surface area (Å²) in [6, 6.07) is 0.0487. The zero-order chi connectivity index (χ0) is 16.4. The summed E-state index contributed by atoms with van der Waals surface area (Å²) in [5.41, 5.74) is 0.412. The smallest absolute Gasteiger partial charge is 0.243 e. The second-order valence-corrected chi connectivity index (χ2v) is 9.25. The lowest BCUT2D eigenvalue weighted by atomic mass is 9.75. The lowest BCUT2D eigenvalue weighted by molar-refractivity contribution is -0.141. The van der Waals surface area contributed by atoms with E-state index >= 15 is 0 Å². The molecule has 1 N–H and O–H groups in total. The van der Waals surface area contributed by atoms with Crippen molar-refractivity contribution in [3.8, 4) is 0 Å². The van der Waals surface area contributed by atoms with E-state index in [9.17, 15) is 9.59 Å². The van der Waals surface area contributed by atoms with Crippen molar-refractivity contribution in [3.05, 3.63) is 0 Å². The van der Waals surface area contributed by atoms with Crippen molar-refractivity contribution in [3.63, 3.8) is 0 Å². The van der Waals surface area contributed by atoms with Crippen molar-refractivity contribution < 1.29 is 9.59 Å². The molecule has 1 saturated heterocycles. The molecule has 0 radical (unpaired) electrons. The van der Waals surface area contributed by atoms with E-state index < -0.39 is 0 Å². The molecule has 0 spiro atoms. The summed E-state index contributed by atoms with van der Waals surface area (Å²) in [4.78, 5) is 27.2. The van der Waals surface area contributed by atoms with Crippen molar-refractivity contribution in [1.29, 1.82) is 0 Å². The van der Waals surface area contributed by atoms with Crippen LogP contribution in [0.3, 0.4) is 0 Å². The Kier molecular flexibility index (Phi) is 5.24. The number of hydrogen-bond acceptors (Lipinski definition) is 3. The zero-order valence-corrected chi connectivity index (χ0v) is 15.3. The summed E-state index contributed by atoms with van der Waals surface area (Å²) in [5.74, 6) is 1.90. The summed E-state index contributed by atoms with van der Waals surface area (Å²) < 4.78 is 0. The monoisotopic (exact) mass is 338 g/mol. The predicted octanol–water partition coefficient (Wildman–Crippen LogP) is 3.16. The van der Waals surface area contributed by atoms with Gasteiger partial charge in [-0.3, -0.25) is 9.59 Å². The maximum atomic E-state index is 12.7. The molecule has 0 bridgehead atoms. The molecule has 130 valence electrons. The molecule has 3 rings (SSSR count). The lowest BCUT2D eigenvalue weighted by Crippen LogP contribution is -2.51. The maximum Gasteiger partial charge on any atom is 0.243 e. The third-order valence-electron chi connectivity index (χ3n) is 5.86. The highest BCUT2D eigenvalue weighted by molar-refractivity contribution is 7.99. The van der Waals surface area contributed by atoms with Crippen molar-refractivity contribution in [2.24, 2.45) is 11.3 Å². The second kappa shape index (κ2) is 7.04. The van der Waals surface area contributed by atoms with Crippen LogP contribution in [0.15, 0.2) is 0 Å². The van der Waals surface area contributed by atoms with Crippen LogP contribution in [0.1, 0.15) is 65.2 Å².